The Morgan fingerprint density at radius 1 is 1.41 bits per heavy atom. The summed E-state index contributed by atoms with van der Waals surface area (Å²) in [6.07, 6.45) is 0.560. The van der Waals surface area contributed by atoms with Crippen LogP contribution in [-0.2, 0) is 9.59 Å². The van der Waals surface area contributed by atoms with Gasteiger partial charge in [0.15, 0.2) is 0 Å². The largest absolute Gasteiger partial charge is 0.344 e. The van der Waals surface area contributed by atoms with Gasteiger partial charge in [-0.15, -0.1) is 12.4 Å². The Bertz CT molecular complexity index is 522. The molecule has 0 aliphatic carbocycles. The molecule has 0 aromatic heterocycles. The Morgan fingerprint density at radius 3 is 2.64 bits per heavy atom. The molecule has 1 atom stereocenters. The van der Waals surface area contributed by atoms with Crippen molar-refractivity contribution in [1.82, 2.24) is 10.2 Å². The molecule has 1 saturated heterocycles. The van der Waals surface area contributed by atoms with Crippen molar-refractivity contribution in [3.05, 3.63) is 29.3 Å². The van der Waals surface area contributed by atoms with Crippen molar-refractivity contribution in [3.8, 4) is 0 Å². The predicted molar refractivity (Wildman–Crippen MR) is 90.7 cm³/mol. The Balaban J connectivity index is 0.00000242. The third-order valence-electron chi connectivity index (χ3n) is 3.72. The molecule has 1 fully saturated rings. The second-order valence-electron chi connectivity index (χ2n) is 5.17. The van der Waals surface area contributed by atoms with Crippen LogP contribution in [0, 0.1) is 5.92 Å². The summed E-state index contributed by atoms with van der Waals surface area (Å²) in [6, 6.07) is 7.10. The van der Waals surface area contributed by atoms with E-state index in [1.54, 1.807) is 41.1 Å². The number of likely N-dealkylation sites (N-methyl/N-ethyl adjacent to an activating group) is 2. The van der Waals surface area contributed by atoms with E-state index in [-0.39, 0.29) is 24.2 Å². The number of amides is 2. The molecule has 0 spiro atoms. The maximum absolute atomic E-state index is 12.4. The van der Waals surface area contributed by atoms with E-state index in [0.717, 1.165) is 5.69 Å². The minimum absolute atomic E-state index is 0. The van der Waals surface area contributed by atoms with Crippen molar-refractivity contribution in [2.75, 3.05) is 38.6 Å². The first-order valence-corrected chi connectivity index (χ1v) is 7.39. The zero-order chi connectivity index (χ0) is 15.4. The molecule has 0 saturated carbocycles. The number of hydrogen-bond acceptors (Lipinski definition) is 3. The topological polar surface area (TPSA) is 52.7 Å². The van der Waals surface area contributed by atoms with Crippen molar-refractivity contribution >= 4 is 41.5 Å². The number of anilines is 1. The highest BCUT2D eigenvalue weighted by atomic mass is 35.5. The van der Waals surface area contributed by atoms with Crippen molar-refractivity contribution in [3.63, 3.8) is 0 Å². The van der Waals surface area contributed by atoms with E-state index < -0.39 is 5.92 Å². The normalized spacial score (nSPS) is 17.3. The van der Waals surface area contributed by atoms with Gasteiger partial charge in [-0.25, -0.2) is 0 Å². The fourth-order valence-corrected chi connectivity index (χ4v) is 2.57. The molecular weight excluding hydrogens is 325 g/mol. The average molecular weight is 346 g/mol. The number of carbonyl (C=O) groups is 2. The van der Waals surface area contributed by atoms with Gasteiger partial charge in [-0.1, -0.05) is 11.6 Å². The molecule has 1 aliphatic heterocycles. The van der Waals surface area contributed by atoms with Gasteiger partial charge in [-0.05, 0) is 37.7 Å². The molecule has 1 aromatic carbocycles. The van der Waals surface area contributed by atoms with Gasteiger partial charge in [-0.3, -0.25) is 9.59 Å². The number of halogens is 2. The first-order chi connectivity index (χ1) is 10.0. The molecule has 7 heteroatoms. The number of benzene rings is 1. The third kappa shape index (κ3) is 4.12. The van der Waals surface area contributed by atoms with Crippen LogP contribution in [0.4, 0.5) is 5.69 Å². The molecule has 1 aliphatic rings. The smallest absolute Gasteiger partial charge is 0.239 e. The fourth-order valence-electron chi connectivity index (χ4n) is 2.44. The van der Waals surface area contributed by atoms with Crippen molar-refractivity contribution in [2.24, 2.45) is 5.92 Å². The lowest BCUT2D eigenvalue weighted by atomic mass is 10.1. The summed E-state index contributed by atoms with van der Waals surface area (Å²) < 4.78 is 0. The monoisotopic (exact) mass is 345 g/mol. The zero-order valence-corrected chi connectivity index (χ0v) is 14.3. The standard InChI is InChI=1S/C15H20ClN3O2.ClH/c1-17-8-10-18(2)14(20)13-7-9-19(15(13)21)12-5-3-11(16)4-6-12;/h3-6,13,17H,7-10H2,1-2H3;1H. The Hall–Kier alpha value is -1.30. The molecule has 0 radical (unpaired) electrons. The van der Waals surface area contributed by atoms with Gasteiger partial charge in [0.05, 0.1) is 0 Å². The van der Waals surface area contributed by atoms with Crippen LogP contribution in [0.2, 0.25) is 5.02 Å². The van der Waals surface area contributed by atoms with Crippen LogP contribution in [0.1, 0.15) is 6.42 Å². The van der Waals surface area contributed by atoms with Crippen LogP contribution < -0.4 is 10.2 Å². The SMILES string of the molecule is CNCCN(C)C(=O)C1CCN(c2ccc(Cl)cc2)C1=O.Cl. The lowest BCUT2D eigenvalue weighted by Gasteiger charge is -2.21. The molecule has 2 rings (SSSR count). The van der Waals surface area contributed by atoms with Crippen LogP contribution in [0.15, 0.2) is 24.3 Å². The van der Waals surface area contributed by atoms with Crippen molar-refractivity contribution in [2.45, 2.75) is 6.42 Å². The van der Waals surface area contributed by atoms with Gasteiger partial charge in [-0.2, -0.15) is 0 Å². The maximum atomic E-state index is 12.4. The maximum Gasteiger partial charge on any atom is 0.239 e. The molecule has 2 amide bonds. The zero-order valence-electron chi connectivity index (χ0n) is 12.7. The third-order valence-corrected chi connectivity index (χ3v) is 3.97. The van der Waals surface area contributed by atoms with Crippen LogP contribution in [0.3, 0.4) is 0 Å². The van der Waals surface area contributed by atoms with Crippen LogP contribution in [0.25, 0.3) is 0 Å². The van der Waals surface area contributed by atoms with E-state index in [1.807, 2.05) is 7.05 Å². The first-order valence-electron chi connectivity index (χ1n) is 7.01. The molecule has 1 N–H and O–H groups in total. The lowest BCUT2D eigenvalue weighted by Crippen LogP contribution is -2.40. The van der Waals surface area contributed by atoms with Gasteiger partial charge >= 0.3 is 0 Å². The Labute approximate surface area is 142 Å². The van der Waals surface area contributed by atoms with Crippen LogP contribution >= 0.6 is 24.0 Å². The van der Waals surface area contributed by atoms with Crippen molar-refractivity contribution in [1.29, 1.82) is 0 Å². The highest BCUT2D eigenvalue weighted by Crippen LogP contribution is 2.27. The molecule has 1 heterocycles. The quantitative estimate of drug-likeness (QED) is 0.827. The molecule has 1 aromatic rings. The number of carbonyl (C=O) groups excluding carboxylic acids is 2. The van der Waals surface area contributed by atoms with Gasteiger partial charge in [0.25, 0.3) is 0 Å². The van der Waals surface area contributed by atoms with E-state index >= 15 is 0 Å². The number of rotatable bonds is 5. The minimum atomic E-state index is -0.567. The fraction of sp³-hybridized carbons (Fsp3) is 0.467. The summed E-state index contributed by atoms with van der Waals surface area (Å²) >= 11 is 5.85. The van der Waals surface area contributed by atoms with Crippen molar-refractivity contribution < 1.29 is 9.59 Å². The second kappa shape index (κ2) is 8.36. The van der Waals surface area contributed by atoms with E-state index in [2.05, 4.69) is 5.32 Å². The van der Waals surface area contributed by atoms with Gasteiger partial charge in [0.2, 0.25) is 11.8 Å². The molecule has 0 bridgehead atoms. The van der Waals surface area contributed by atoms with E-state index in [9.17, 15) is 9.59 Å². The summed E-state index contributed by atoms with van der Waals surface area (Å²) in [4.78, 5) is 28.0. The number of nitrogens with zero attached hydrogens (tertiary/aromatic N) is 2. The highest BCUT2D eigenvalue weighted by Gasteiger charge is 2.38. The molecule has 122 valence electrons. The van der Waals surface area contributed by atoms with Gasteiger partial charge in [0, 0.05) is 37.4 Å². The lowest BCUT2D eigenvalue weighted by molar-refractivity contribution is -0.138. The summed E-state index contributed by atoms with van der Waals surface area (Å²) in [7, 11) is 3.57. The van der Waals surface area contributed by atoms with E-state index in [1.165, 1.54) is 0 Å². The summed E-state index contributed by atoms with van der Waals surface area (Å²) in [5.74, 6) is -0.798. The molecule has 22 heavy (non-hydrogen) atoms. The van der Waals surface area contributed by atoms with E-state index in [4.69, 9.17) is 11.6 Å². The highest BCUT2D eigenvalue weighted by molar-refractivity contribution is 6.30. The van der Waals surface area contributed by atoms with Crippen LogP contribution in [0.5, 0.6) is 0 Å². The van der Waals surface area contributed by atoms with Gasteiger partial charge < -0.3 is 15.1 Å². The summed E-state index contributed by atoms with van der Waals surface area (Å²) in [5.41, 5.74) is 0.789. The Kier molecular flexibility index (Phi) is 7.13. The molecule has 5 nitrogen and oxygen atoms in total. The van der Waals surface area contributed by atoms with Gasteiger partial charge in [0.1, 0.15) is 5.92 Å². The number of nitrogens with one attached hydrogen (secondary N) is 1. The second-order valence-corrected chi connectivity index (χ2v) is 5.61. The average Bonchev–Trinajstić information content (AvgIpc) is 2.86. The summed E-state index contributed by atoms with van der Waals surface area (Å²) in [5, 5.41) is 3.62. The Morgan fingerprint density at radius 2 is 2.05 bits per heavy atom. The van der Waals surface area contributed by atoms with Crippen LogP contribution in [-0.4, -0.2) is 50.4 Å². The predicted octanol–water partition coefficient (Wildman–Crippen LogP) is 1.79. The number of hydrogen-bond donors (Lipinski definition) is 1. The minimum Gasteiger partial charge on any atom is -0.344 e. The molecular formula is C15H21Cl2N3O2. The molecule has 1 unspecified atom stereocenters. The summed E-state index contributed by atoms with van der Waals surface area (Å²) in [6.45, 7) is 1.88. The first kappa shape index (κ1) is 18.7. The van der Waals surface area contributed by atoms with E-state index in [0.29, 0.717) is 31.1 Å².